The van der Waals surface area contributed by atoms with E-state index in [0.29, 0.717) is 6.42 Å². The van der Waals surface area contributed by atoms with E-state index in [-0.39, 0.29) is 5.41 Å². The van der Waals surface area contributed by atoms with Gasteiger partial charge in [0.1, 0.15) is 0 Å². The highest BCUT2D eigenvalue weighted by Gasteiger charge is 2.09. The number of aliphatic carboxylic acids is 1. The van der Waals surface area contributed by atoms with Crippen molar-refractivity contribution < 1.29 is 9.90 Å². The van der Waals surface area contributed by atoms with E-state index in [0.717, 1.165) is 12.8 Å². The van der Waals surface area contributed by atoms with Crippen molar-refractivity contribution in [3.05, 3.63) is 0 Å². The molecule has 0 aromatic rings. The lowest BCUT2D eigenvalue weighted by molar-refractivity contribution is -0.137. The van der Waals surface area contributed by atoms with Crippen LogP contribution in [0, 0.1) is 5.41 Å². The van der Waals surface area contributed by atoms with Crippen LogP contribution >= 0.6 is 0 Å². The van der Waals surface area contributed by atoms with Crippen LogP contribution in [-0.2, 0) is 4.79 Å². The Hall–Kier alpha value is -0.570. The molecule has 0 rings (SSSR count). The highest BCUT2D eigenvalue weighted by Crippen LogP contribution is 2.21. The highest BCUT2D eigenvalue weighted by molar-refractivity contribution is 5.66. The van der Waals surface area contributed by atoms with Gasteiger partial charge >= 0.3 is 5.97 Å². The van der Waals surface area contributed by atoms with Gasteiger partial charge in [0, 0.05) is 6.42 Å². The quantitative estimate of drug-likeness (QED) is 0.688. The van der Waals surface area contributed by atoms with Crippen LogP contribution in [0.1, 0.15) is 40.0 Å². The average Bonchev–Trinajstić information content (AvgIpc) is 1.88. The number of rotatable bonds is 3. The summed E-state index contributed by atoms with van der Waals surface area (Å²) in [5, 5.41) is 8.31. The van der Waals surface area contributed by atoms with Crippen molar-refractivity contribution in [3.63, 3.8) is 0 Å². The molecule has 0 aliphatic heterocycles. The molecule has 0 saturated carbocycles. The molecule has 0 radical (unpaired) electrons. The van der Waals surface area contributed by atoms with Gasteiger partial charge in [-0.25, -0.2) is 0 Å². The Morgan fingerprint density at radius 2 is 1.75 bits per heavy atom. The lowest BCUT2D eigenvalue weighted by atomic mass is 9.90. The highest BCUT2D eigenvalue weighted by atomic mass is 16.4. The van der Waals surface area contributed by atoms with Crippen molar-refractivity contribution in [2.24, 2.45) is 11.1 Å². The van der Waals surface area contributed by atoms with Crippen LogP contribution in [0.25, 0.3) is 0 Å². The molecule has 0 unspecified atom stereocenters. The summed E-state index contributed by atoms with van der Waals surface area (Å²) in [5.41, 5.74) is 4.77. The molecular formula is C9H21NO2. The standard InChI is InChI=1S/C8H16O2.CH5N/c1-8(2,3)6-4-5-7(9)10;1-2/h4-6H2,1-3H3,(H,9,10);2H2,1H3. The third kappa shape index (κ3) is 16.2. The molecule has 0 atom stereocenters. The summed E-state index contributed by atoms with van der Waals surface area (Å²) in [6.45, 7) is 6.36. The third-order valence-electron chi connectivity index (χ3n) is 1.32. The molecule has 74 valence electrons. The van der Waals surface area contributed by atoms with E-state index in [2.05, 4.69) is 26.5 Å². The van der Waals surface area contributed by atoms with E-state index in [9.17, 15) is 4.79 Å². The van der Waals surface area contributed by atoms with Crippen molar-refractivity contribution in [1.82, 2.24) is 0 Å². The monoisotopic (exact) mass is 175 g/mol. The van der Waals surface area contributed by atoms with Gasteiger partial charge in [-0.3, -0.25) is 4.79 Å². The zero-order chi connectivity index (χ0) is 10.2. The van der Waals surface area contributed by atoms with E-state index >= 15 is 0 Å². The number of hydrogen-bond donors (Lipinski definition) is 2. The smallest absolute Gasteiger partial charge is 0.303 e. The van der Waals surface area contributed by atoms with Crippen molar-refractivity contribution >= 4 is 5.97 Å². The van der Waals surface area contributed by atoms with Crippen molar-refractivity contribution in [3.8, 4) is 0 Å². The average molecular weight is 175 g/mol. The lowest BCUT2D eigenvalue weighted by Gasteiger charge is -2.16. The Labute approximate surface area is 75.0 Å². The predicted molar refractivity (Wildman–Crippen MR) is 51.1 cm³/mol. The molecule has 0 aliphatic carbocycles. The van der Waals surface area contributed by atoms with Crippen molar-refractivity contribution in [2.45, 2.75) is 40.0 Å². The van der Waals surface area contributed by atoms with Gasteiger partial charge in [0.2, 0.25) is 0 Å². The first-order valence-corrected chi connectivity index (χ1v) is 4.21. The number of carbonyl (C=O) groups is 1. The van der Waals surface area contributed by atoms with E-state index in [4.69, 9.17) is 5.11 Å². The first kappa shape index (κ1) is 14.0. The summed E-state index contributed by atoms with van der Waals surface area (Å²) in [5.74, 6) is -0.691. The zero-order valence-electron chi connectivity index (χ0n) is 8.55. The van der Waals surface area contributed by atoms with Gasteiger partial charge in [-0.15, -0.1) is 0 Å². The molecule has 12 heavy (non-hydrogen) atoms. The largest absolute Gasteiger partial charge is 0.481 e. The molecule has 0 saturated heterocycles. The number of carboxylic acid groups (broad SMARTS) is 1. The fourth-order valence-corrected chi connectivity index (χ4v) is 0.770. The van der Waals surface area contributed by atoms with E-state index in [1.807, 2.05) is 0 Å². The lowest BCUT2D eigenvalue weighted by Crippen LogP contribution is -2.05. The van der Waals surface area contributed by atoms with Gasteiger partial charge in [0.25, 0.3) is 0 Å². The maximum atomic E-state index is 10.1. The molecule has 0 aromatic heterocycles. The third-order valence-corrected chi connectivity index (χ3v) is 1.32. The van der Waals surface area contributed by atoms with E-state index in [1.54, 1.807) is 0 Å². The predicted octanol–water partition coefficient (Wildman–Crippen LogP) is 1.86. The maximum absolute atomic E-state index is 10.1. The van der Waals surface area contributed by atoms with Gasteiger partial charge in [-0.1, -0.05) is 20.8 Å². The molecule has 0 aromatic carbocycles. The molecule has 0 bridgehead atoms. The van der Waals surface area contributed by atoms with Gasteiger partial charge in [-0.2, -0.15) is 0 Å². The van der Waals surface area contributed by atoms with Gasteiger partial charge in [0.05, 0.1) is 0 Å². The second-order valence-corrected chi connectivity index (χ2v) is 3.81. The molecule has 3 nitrogen and oxygen atoms in total. The fourth-order valence-electron chi connectivity index (χ4n) is 0.770. The fraction of sp³-hybridized carbons (Fsp3) is 0.889. The summed E-state index contributed by atoms with van der Waals surface area (Å²) in [4.78, 5) is 10.1. The second kappa shape index (κ2) is 7.10. The van der Waals surface area contributed by atoms with Crippen LogP contribution < -0.4 is 5.73 Å². The van der Waals surface area contributed by atoms with Gasteiger partial charge in [0.15, 0.2) is 0 Å². The molecule has 0 amide bonds. The Morgan fingerprint density at radius 1 is 1.33 bits per heavy atom. The van der Waals surface area contributed by atoms with Crippen LogP contribution in [0.5, 0.6) is 0 Å². The number of nitrogens with two attached hydrogens (primary N) is 1. The summed E-state index contributed by atoms with van der Waals surface area (Å²) >= 11 is 0. The number of hydrogen-bond acceptors (Lipinski definition) is 2. The topological polar surface area (TPSA) is 63.3 Å². The SMILES string of the molecule is CC(C)(C)CCCC(=O)O.CN. The Bertz CT molecular complexity index is 116. The second-order valence-electron chi connectivity index (χ2n) is 3.81. The van der Waals surface area contributed by atoms with Crippen molar-refractivity contribution in [2.75, 3.05) is 7.05 Å². The van der Waals surface area contributed by atoms with Crippen molar-refractivity contribution in [1.29, 1.82) is 0 Å². The molecular weight excluding hydrogens is 154 g/mol. The minimum absolute atomic E-state index is 0.273. The van der Waals surface area contributed by atoms with Crippen LogP contribution in [0.15, 0.2) is 0 Å². The van der Waals surface area contributed by atoms with Gasteiger partial charge < -0.3 is 10.8 Å². The molecule has 0 heterocycles. The number of carboxylic acids is 1. The molecule has 3 heteroatoms. The normalized spacial score (nSPS) is 10.1. The first-order valence-electron chi connectivity index (χ1n) is 4.21. The van der Waals surface area contributed by atoms with Crippen LogP contribution in [0.4, 0.5) is 0 Å². The molecule has 3 N–H and O–H groups in total. The summed E-state index contributed by atoms with van der Waals surface area (Å²) in [7, 11) is 1.50. The zero-order valence-corrected chi connectivity index (χ0v) is 8.55. The summed E-state index contributed by atoms with van der Waals surface area (Å²) in [6.07, 6.45) is 2.08. The molecule has 0 fully saturated rings. The molecule has 0 spiro atoms. The van der Waals surface area contributed by atoms with Crippen LogP contribution in [-0.4, -0.2) is 18.1 Å². The summed E-state index contributed by atoms with van der Waals surface area (Å²) < 4.78 is 0. The summed E-state index contributed by atoms with van der Waals surface area (Å²) in [6, 6.07) is 0. The van der Waals surface area contributed by atoms with Crippen LogP contribution in [0.3, 0.4) is 0 Å². The Morgan fingerprint density at radius 3 is 2.00 bits per heavy atom. The first-order chi connectivity index (χ1) is 5.42. The minimum atomic E-state index is -0.691. The van der Waals surface area contributed by atoms with Gasteiger partial charge in [-0.05, 0) is 25.3 Å². The van der Waals surface area contributed by atoms with Crippen LogP contribution in [0.2, 0.25) is 0 Å². The molecule has 0 aliphatic rings. The minimum Gasteiger partial charge on any atom is -0.481 e. The Kier molecular flexibility index (Phi) is 8.27. The van der Waals surface area contributed by atoms with E-state index in [1.165, 1.54) is 7.05 Å². The Balaban J connectivity index is 0. The maximum Gasteiger partial charge on any atom is 0.303 e. The van der Waals surface area contributed by atoms with E-state index < -0.39 is 5.97 Å².